The zero-order valence-electron chi connectivity index (χ0n) is 20.8. The summed E-state index contributed by atoms with van der Waals surface area (Å²) in [6, 6.07) is 14.4. The number of carbonyl (C=O) groups is 1. The molecular formula is C28H32FN5O2. The van der Waals surface area contributed by atoms with Crippen molar-refractivity contribution >= 4 is 17.7 Å². The normalized spacial score (nSPS) is 22.0. The van der Waals surface area contributed by atoms with E-state index < -0.39 is 0 Å². The third-order valence-corrected chi connectivity index (χ3v) is 7.19. The third-order valence-electron chi connectivity index (χ3n) is 7.19. The van der Waals surface area contributed by atoms with Crippen LogP contribution in [-0.2, 0) is 9.53 Å². The van der Waals surface area contributed by atoms with E-state index in [2.05, 4.69) is 21.7 Å². The van der Waals surface area contributed by atoms with Crippen molar-refractivity contribution in [2.75, 3.05) is 29.5 Å². The molecule has 0 bridgehead atoms. The zero-order chi connectivity index (χ0) is 25.1. The molecular weight excluding hydrogens is 457 g/mol. The van der Waals surface area contributed by atoms with Crippen LogP contribution in [0.1, 0.15) is 51.3 Å². The largest absolute Gasteiger partial charge is 0.466 e. The minimum atomic E-state index is -0.285. The van der Waals surface area contributed by atoms with E-state index in [1.54, 1.807) is 18.3 Å². The summed E-state index contributed by atoms with van der Waals surface area (Å²) in [7, 11) is 0. The third kappa shape index (κ3) is 5.03. The van der Waals surface area contributed by atoms with Gasteiger partial charge >= 0.3 is 5.97 Å². The maximum atomic E-state index is 13.7. The van der Waals surface area contributed by atoms with Crippen LogP contribution in [0.25, 0.3) is 11.3 Å². The van der Waals surface area contributed by atoms with Crippen LogP contribution in [0.2, 0.25) is 0 Å². The average Bonchev–Trinajstić information content (AvgIpc) is 3.35. The monoisotopic (exact) mass is 489 g/mol. The number of hydrogen-bond donors (Lipinski definition) is 0. The second-order valence-electron chi connectivity index (χ2n) is 9.54. The van der Waals surface area contributed by atoms with E-state index in [0.29, 0.717) is 38.0 Å². The standard InChI is InChI=1S/C28H32FN5O2/c1-3-36-27(35)21-13-16-34(26-8-4-5-14-30-26)25(17-21)24-18-23(20-9-11-22(29)12-10-20)31-28(32-24)33-15-6-7-19(33)2/h4-5,8-12,14,18-19,21,25H,3,6-7,13,15-17H2,1-2H3. The van der Waals surface area contributed by atoms with Gasteiger partial charge in [-0.1, -0.05) is 6.07 Å². The molecule has 0 aliphatic carbocycles. The van der Waals surface area contributed by atoms with Crippen molar-refractivity contribution in [3.05, 3.63) is 66.2 Å². The number of anilines is 2. The van der Waals surface area contributed by atoms with E-state index in [9.17, 15) is 9.18 Å². The summed E-state index contributed by atoms with van der Waals surface area (Å²) in [6.07, 6.45) is 5.23. The Hall–Kier alpha value is -3.55. The fraction of sp³-hybridized carbons (Fsp3) is 0.429. The molecule has 0 amide bonds. The van der Waals surface area contributed by atoms with Crippen LogP contribution >= 0.6 is 0 Å². The maximum Gasteiger partial charge on any atom is 0.309 e. The van der Waals surface area contributed by atoms with Crippen molar-refractivity contribution in [3.8, 4) is 11.3 Å². The summed E-state index contributed by atoms with van der Waals surface area (Å²) in [5, 5.41) is 0. The Labute approximate surface area is 211 Å². The van der Waals surface area contributed by atoms with Crippen molar-refractivity contribution in [1.29, 1.82) is 0 Å². The number of hydrogen-bond acceptors (Lipinski definition) is 7. The number of nitrogens with zero attached hydrogens (tertiary/aromatic N) is 5. The van der Waals surface area contributed by atoms with Gasteiger partial charge < -0.3 is 14.5 Å². The summed E-state index contributed by atoms with van der Waals surface area (Å²) < 4.78 is 19.1. The molecule has 36 heavy (non-hydrogen) atoms. The van der Waals surface area contributed by atoms with Crippen LogP contribution in [0.5, 0.6) is 0 Å². The van der Waals surface area contributed by atoms with Crippen molar-refractivity contribution in [2.24, 2.45) is 5.92 Å². The lowest BCUT2D eigenvalue weighted by Crippen LogP contribution is -2.40. The molecule has 2 saturated heterocycles. The summed E-state index contributed by atoms with van der Waals surface area (Å²) in [4.78, 5) is 31.8. The number of piperidine rings is 1. The first-order valence-corrected chi connectivity index (χ1v) is 12.8. The Balaban J connectivity index is 1.59. The van der Waals surface area contributed by atoms with E-state index >= 15 is 0 Å². The number of benzene rings is 1. The molecule has 5 rings (SSSR count). The smallest absolute Gasteiger partial charge is 0.309 e. The highest BCUT2D eigenvalue weighted by Gasteiger charge is 2.36. The van der Waals surface area contributed by atoms with Crippen LogP contribution in [0.15, 0.2) is 54.7 Å². The zero-order valence-corrected chi connectivity index (χ0v) is 20.8. The van der Waals surface area contributed by atoms with Gasteiger partial charge in [-0.15, -0.1) is 0 Å². The van der Waals surface area contributed by atoms with Gasteiger partial charge in [-0.2, -0.15) is 0 Å². The van der Waals surface area contributed by atoms with Crippen LogP contribution < -0.4 is 9.80 Å². The minimum Gasteiger partial charge on any atom is -0.466 e. The van der Waals surface area contributed by atoms with E-state index in [4.69, 9.17) is 14.7 Å². The minimum absolute atomic E-state index is 0.163. The fourth-order valence-electron chi connectivity index (χ4n) is 5.27. The lowest BCUT2D eigenvalue weighted by Gasteiger charge is -2.39. The van der Waals surface area contributed by atoms with Crippen molar-refractivity contribution < 1.29 is 13.9 Å². The molecule has 0 saturated carbocycles. The molecule has 2 aromatic heterocycles. The van der Waals surface area contributed by atoms with Crippen molar-refractivity contribution in [1.82, 2.24) is 15.0 Å². The van der Waals surface area contributed by atoms with Gasteiger partial charge in [0.25, 0.3) is 0 Å². The number of carbonyl (C=O) groups excluding carboxylic acids is 1. The molecule has 8 heteroatoms. The van der Waals surface area contributed by atoms with Gasteiger partial charge in [0.15, 0.2) is 0 Å². The topological polar surface area (TPSA) is 71.5 Å². The average molecular weight is 490 g/mol. The number of halogens is 1. The van der Waals surface area contributed by atoms with Gasteiger partial charge in [-0.25, -0.2) is 19.3 Å². The summed E-state index contributed by atoms with van der Waals surface area (Å²) in [5.74, 6) is 0.865. The molecule has 2 aliphatic rings. The number of esters is 1. The number of rotatable bonds is 6. The SMILES string of the molecule is CCOC(=O)C1CCN(c2ccccn2)C(c2cc(-c3ccc(F)cc3)nc(N3CCCC3C)n2)C1. The van der Waals surface area contributed by atoms with Gasteiger partial charge in [0.2, 0.25) is 5.95 Å². The quantitative estimate of drug-likeness (QED) is 0.442. The van der Waals surface area contributed by atoms with Gasteiger partial charge in [0.05, 0.1) is 30.0 Å². The molecule has 0 N–H and O–H groups in total. The molecule has 0 spiro atoms. The van der Waals surface area contributed by atoms with E-state index in [-0.39, 0.29) is 23.7 Å². The Morgan fingerprint density at radius 3 is 2.61 bits per heavy atom. The van der Waals surface area contributed by atoms with Gasteiger partial charge in [-0.05, 0) is 82.0 Å². The number of ether oxygens (including phenoxy) is 1. The van der Waals surface area contributed by atoms with Gasteiger partial charge in [0, 0.05) is 30.9 Å². The summed E-state index contributed by atoms with van der Waals surface area (Å²) in [5.41, 5.74) is 2.40. The van der Waals surface area contributed by atoms with Gasteiger partial charge in [0.1, 0.15) is 11.6 Å². The second-order valence-corrected chi connectivity index (χ2v) is 9.54. The van der Waals surface area contributed by atoms with Crippen molar-refractivity contribution in [2.45, 2.75) is 51.6 Å². The molecule has 0 radical (unpaired) electrons. The second kappa shape index (κ2) is 10.6. The highest BCUT2D eigenvalue weighted by atomic mass is 19.1. The lowest BCUT2D eigenvalue weighted by atomic mass is 9.88. The predicted octanol–water partition coefficient (Wildman–Crippen LogP) is 5.19. The highest BCUT2D eigenvalue weighted by Crippen LogP contribution is 2.38. The Bertz CT molecular complexity index is 1190. The highest BCUT2D eigenvalue weighted by molar-refractivity contribution is 5.73. The van der Waals surface area contributed by atoms with E-state index in [1.807, 2.05) is 31.2 Å². The Morgan fingerprint density at radius 1 is 1.08 bits per heavy atom. The number of pyridine rings is 1. The van der Waals surface area contributed by atoms with Crippen LogP contribution in [0.4, 0.5) is 16.2 Å². The Kier molecular flexibility index (Phi) is 7.11. The summed E-state index contributed by atoms with van der Waals surface area (Å²) >= 11 is 0. The molecule has 1 aromatic carbocycles. The molecule has 188 valence electrons. The molecule has 3 unspecified atom stereocenters. The van der Waals surface area contributed by atoms with Crippen molar-refractivity contribution in [3.63, 3.8) is 0 Å². The first-order valence-electron chi connectivity index (χ1n) is 12.8. The molecule has 2 fully saturated rings. The molecule has 4 heterocycles. The lowest BCUT2D eigenvalue weighted by molar-refractivity contribution is -0.149. The van der Waals surface area contributed by atoms with E-state index in [0.717, 1.165) is 42.2 Å². The van der Waals surface area contributed by atoms with Crippen LogP contribution in [0, 0.1) is 11.7 Å². The predicted molar refractivity (Wildman–Crippen MR) is 137 cm³/mol. The number of aromatic nitrogens is 3. The molecule has 3 atom stereocenters. The van der Waals surface area contributed by atoms with Gasteiger partial charge in [-0.3, -0.25) is 4.79 Å². The first kappa shape index (κ1) is 24.2. The molecule has 2 aliphatic heterocycles. The summed E-state index contributed by atoms with van der Waals surface area (Å²) in [6.45, 7) is 5.95. The fourth-order valence-corrected chi connectivity index (χ4v) is 5.27. The molecule has 3 aromatic rings. The maximum absolute atomic E-state index is 13.7. The Morgan fingerprint density at radius 2 is 1.92 bits per heavy atom. The molecule has 7 nitrogen and oxygen atoms in total. The van der Waals surface area contributed by atoms with Crippen LogP contribution in [-0.4, -0.2) is 46.7 Å². The first-order chi connectivity index (χ1) is 17.5. The van der Waals surface area contributed by atoms with Crippen LogP contribution in [0.3, 0.4) is 0 Å². The van der Waals surface area contributed by atoms with E-state index in [1.165, 1.54) is 12.1 Å².